The van der Waals surface area contributed by atoms with Crippen LogP contribution in [0.15, 0.2) is 23.4 Å². The lowest BCUT2D eigenvalue weighted by Crippen LogP contribution is -2.24. The predicted molar refractivity (Wildman–Crippen MR) is 61.0 cm³/mol. The van der Waals surface area contributed by atoms with Crippen molar-refractivity contribution in [2.24, 2.45) is 10.9 Å². The molecule has 0 amide bonds. The molecule has 0 spiro atoms. The minimum Gasteiger partial charge on any atom is -0.409 e. The molecule has 17 heavy (non-hydrogen) atoms. The Bertz CT molecular complexity index is 427. The van der Waals surface area contributed by atoms with Gasteiger partial charge >= 0.3 is 0 Å². The van der Waals surface area contributed by atoms with Crippen molar-refractivity contribution in [1.29, 1.82) is 0 Å². The molecule has 92 valence electrons. The summed E-state index contributed by atoms with van der Waals surface area (Å²) in [4.78, 5) is 5.92. The summed E-state index contributed by atoms with van der Waals surface area (Å²) in [5.41, 5.74) is 5.78. The molecule has 0 radical (unpaired) electrons. The van der Waals surface area contributed by atoms with Crippen molar-refractivity contribution in [3.63, 3.8) is 0 Å². The molecule has 0 aliphatic carbocycles. The zero-order valence-corrected chi connectivity index (χ0v) is 9.06. The maximum Gasteiger partial charge on any atom is 0.188 e. The fraction of sp³-hybridized carbons (Fsp3) is 0.400. The highest BCUT2D eigenvalue weighted by molar-refractivity contribution is 5.95. The van der Waals surface area contributed by atoms with Gasteiger partial charge in [-0.3, -0.25) is 0 Å². The van der Waals surface area contributed by atoms with Crippen LogP contribution in [0.5, 0.6) is 0 Å². The second kappa shape index (κ2) is 4.56. The second-order valence-corrected chi connectivity index (χ2v) is 3.91. The molecule has 0 saturated carbocycles. The van der Waals surface area contributed by atoms with Crippen molar-refractivity contribution in [3.05, 3.63) is 23.9 Å². The van der Waals surface area contributed by atoms with Gasteiger partial charge in [0.25, 0.3) is 0 Å². The first-order valence-electron chi connectivity index (χ1n) is 5.18. The fourth-order valence-corrected chi connectivity index (χ4v) is 1.75. The molecule has 0 bridgehead atoms. The summed E-state index contributed by atoms with van der Waals surface area (Å²) < 4.78 is 0. The van der Waals surface area contributed by atoms with Crippen molar-refractivity contribution in [2.75, 3.05) is 18.0 Å². The van der Waals surface area contributed by atoms with Crippen LogP contribution in [0.1, 0.15) is 5.69 Å². The molecular formula is C10H14N4O3. The zero-order chi connectivity index (χ0) is 12.4. The highest BCUT2D eigenvalue weighted by atomic mass is 16.4. The topological polar surface area (TPSA) is 115 Å². The van der Waals surface area contributed by atoms with E-state index in [1.54, 1.807) is 23.1 Å². The first-order valence-corrected chi connectivity index (χ1v) is 5.18. The highest BCUT2D eigenvalue weighted by Crippen LogP contribution is 2.18. The van der Waals surface area contributed by atoms with E-state index in [1.165, 1.54) is 0 Å². The fourth-order valence-electron chi connectivity index (χ4n) is 1.75. The van der Waals surface area contributed by atoms with Crippen LogP contribution in [0, 0.1) is 0 Å². The molecule has 2 heterocycles. The van der Waals surface area contributed by atoms with Gasteiger partial charge in [-0.15, -0.1) is 0 Å². The number of oxime groups is 1. The van der Waals surface area contributed by atoms with Crippen LogP contribution in [0.4, 0.5) is 5.82 Å². The summed E-state index contributed by atoms with van der Waals surface area (Å²) in [5, 5.41) is 30.3. The Balaban J connectivity index is 2.23. The number of aliphatic hydroxyl groups excluding tert-OH is 2. The predicted octanol–water partition coefficient (Wildman–Crippen LogP) is -1.28. The third kappa shape index (κ3) is 2.29. The second-order valence-electron chi connectivity index (χ2n) is 3.91. The number of aliphatic hydroxyl groups is 2. The van der Waals surface area contributed by atoms with Gasteiger partial charge in [0.15, 0.2) is 5.84 Å². The van der Waals surface area contributed by atoms with Gasteiger partial charge in [-0.2, -0.15) is 0 Å². The highest BCUT2D eigenvalue weighted by Gasteiger charge is 2.30. The van der Waals surface area contributed by atoms with Gasteiger partial charge in [-0.05, 0) is 12.1 Å². The summed E-state index contributed by atoms with van der Waals surface area (Å²) in [5.74, 6) is 0.497. The van der Waals surface area contributed by atoms with Crippen LogP contribution in [-0.4, -0.2) is 51.5 Å². The SMILES string of the molecule is N/C(=N/O)c1cccc(N2CC(O)C(O)C2)n1. The smallest absolute Gasteiger partial charge is 0.188 e. The van der Waals surface area contributed by atoms with Crippen molar-refractivity contribution >= 4 is 11.7 Å². The van der Waals surface area contributed by atoms with E-state index in [-0.39, 0.29) is 5.84 Å². The molecule has 7 heteroatoms. The molecule has 5 N–H and O–H groups in total. The summed E-state index contributed by atoms with van der Waals surface area (Å²) >= 11 is 0. The Morgan fingerprint density at radius 3 is 2.59 bits per heavy atom. The van der Waals surface area contributed by atoms with Gasteiger partial charge in [0.05, 0.1) is 12.2 Å². The van der Waals surface area contributed by atoms with E-state index in [1.807, 2.05) is 0 Å². The number of anilines is 1. The molecule has 0 aromatic carbocycles. The number of pyridine rings is 1. The number of aromatic nitrogens is 1. The van der Waals surface area contributed by atoms with Gasteiger partial charge in [0.1, 0.15) is 11.5 Å². The minimum atomic E-state index is -0.774. The van der Waals surface area contributed by atoms with E-state index in [9.17, 15) is 10.2 Å². The van der Waals surface area contributed by atoms with Gasteiger partial charge in [0.2, 0.25) is 0 Å². The van der Waals surface area contributed by atoms with Gasteiger partial charge in [-0.25, -0.2) is 4.98 Å². The van der Waals surface area contributed by atoms with E-state index in [0.29, 0.717) is 24.6 Å². The Kier molecular flexibility index (Phi) is 3.12. The zero-order valence-electron chi connectivity index (χ0n) is 9.06. The normalized spacial score (nSPS) is 25.3. The van der Waals surface area contributed by atoms with E-state index in [0.717, 1.165) is 0 Å². The average molecular weight is 238 g/mol. The third-order valence-electron chi connectivity index (χ3n) is 2.69. The van der Waals surface area contributed by atoms with Gasteiger partial charge in [0, 0.05) is 13.1 Å². The largest absolute Gasteiger partial charge is 0.409 e. The van der Waals surface area contributed by atoms with Gasteiger partial charge in [-0.1, -0.05) is 11.2 Å². The van der Waals surface area contributed by atoms with Crippen LogP contribution in [-0.2, 0) is 0 Å². The Labute approximate surface area is 97.8 Å². The number of nitrogens with two attached hydrogens (primary N) is 1. The van der Waals surface area contributed by atoms with E-state index in [2.05, 4.69) is 10.1 Å². The number of amidine groups is 1. The Morgan fingerprint density at radius 1 is 1.35 bits per heavy atom. The lowest BCUT2D eigenvalue weighted by molar-refractivity contribution is 0.0572. The quantitative estimate of drug-likeness (QED) is 0.221. The number of hydrogen-bond donors (Lipinski definition) is 4. The molecule has 1 fully saturated rings. The molecule has 2 unspecified atom stereocenters. The van der Waals surface area contributed by atoms with Crippen LogP contribution in [0.3, 0.4) is 0 Å². The lowest BCUT2D eigenvalue weighted by atomic mass is 10.3. The maximum atomic E-state index is 9.45. The van der Waals surface area contributed by atoms with E-state index in [4.69, 9.17) is 10.9 Å². The van der Waals surface area contributed by atoms with Crippen molar-refractivity contribution in [2.45, 2.75) is 12.2 Å². The Hall–Kier alpha value is -1.86. The molecule has 1 aliphatic heterocycles. The number of nitrogens with zero attached hydrogens (tertiary/aromatic N) is 3. The molecule has 1 aliphatic rings. The van der Waals surface area contributed by atoms with Crippen molar-refractivity contribution < 1.29 is 15.4 Å². The molecule has 1 aromatic rings. The van der Waals surface area contributed by atoms with Crippen molar-refractivity contribution in [3.8, 4) is 0 Å². The molecular weight excluding hydrogens is 224 g/mol. The number of hydrogen-bond acceptors (Lipinski definition) is 6. The monoisotopic (exact) mass is 238 g/mol. The van der Waals surface area contributed by atoms with Gasteiger partial charge < -0.3 is 26.1 Å². The van der Waals surface area contributed by atoms with E-state index < -0.39 is 12.2 Å². The molecule has 2 rings (SSSR count). The number of β-amino-alcohol motifs (C(OH)–C–C–N with tert-alkyl or cyclic N) is 2. The first-order chi connectivity index (χ1) is 8.11. The third-order valence-corrected chi connectivity index (χ3v) is 2.69. The standard InChI is InChI=1S/C10H14N4O3/c11-10(13-17)6-2-1-3-9(12-6)14-4-7(15)8(16)5-14/h1-3,7-8,15-17H,4-5H2,(H2,11,13). The summed E-state index contributed by atoms with van der Waals surface area (Å²) in [6.45, 7) is 0.627. The molecule has 1 aromatic heterocycles. The first kappa shape index (κ1) is 11.6. The van der Waals surface area contributed by atoms with Crippen LogP contribution in [0.2, 0.25) is 0 Å². The molecule has 2 atom stereocenters. The molecule has 1 saturated heterocycles. The number of rotatable bonds is 2. The lowest BCUT2D eigenvalue weighted by Gasteiger charge is -2.16. The summed E-state index contributed by atoms with van der Waals surface area (Å²) in [6, 6.07) is 5.06. The van der Waals surface area contributed by atoms with E-state index >= 15 is 0 Å². The minimum absolute atomic E-state index is 0.0767. The average Bonchev–Trinajstić information content (AvgIpc) is 2.69. The van der Waals surface area contributed by atoms with Crippen LogP contribution in [0.25, 0.3) is 0 Å². The van der Waals surface area contributed by atoms with Crippen LogP contribution >= 0.6 is 0 Å². The Morgan fingerprint density at radius 2 is 2.00 bits per heavy atom. The van der Waals surface area contributed by atoms with Crippen LogP contribution < -0.4 is 10.6 Å². The summed E-state index contributed by atoms with van der Waals surface area (Å²) in [7, 11) is 0. The summed E-state index contributed by atoms with van der Waals surface area (Å²) in [6.07, 6.45) is -1.55. The maximum absolute atomic E-state index is 9.45. The van der Waals surface area contributed by atoms with Crippen molar-refractivity contribution in [1.82, 2.24) is 4.98 Å². The molecule has 7 nitrogen and oxygen atoms in total.